The minimum Gasteiger partial charge on any atom is -0.326 e. The molecule has 0 atom stereocenters. The first-order valence-electron chi connectivity index (χ1n) is 5.83. The van der Waals surface area contributed by atoms with Crippen molar-refractivity contribution in [2.24, 2.45) is 16.7 Å². The average Bonchev–Trinajstić information content (AvgIpc) is 2.56. The van der Waals surface area contributed by atoms with Gasteiger partial charge in [-0.25, -0.2) is 4.39 Å². The van der Waals surface area contributed by atoms with Gasteiger partial charge in [0.25, 0.3) is 0 Å². The molecule has 1 fully saturated rings. The van der Waals surface area contributed by atoms with Crippen molar-refractivity contribution < 1.29 is 9.18 Å². The fourth-order valence-corrected chi connectivity index (χ4v) is 2.63. The maximum absolute atomic E-state index is 13.0. The summed E-state index contributed by atoms with van der Waals surface area (Å²) in [5.74, 6) is -0.374. The number of carbonyl (C=O) groups excluding carboxylic acids is 1. The molecule has 3 heteroatoms. The number of amides is 1. The third-order valence-corrected chi connectivity index (χ3v) is 4.38. The van der Waals surface area contributed by atoms with Gasteiger partial charge in [0.05, 0.1) is 0 Å². The van der Waals surface area contributed by atoms with Gasteiger partial charge in [0.15, 0.2) is 0 Å². The van der Waals surface area contributed by atoms with Gasteiger partial charge in [0.2, 0.25) is 5.91 Å². The van der Waals surface area contributed by atoms with Crippen LogP contribution in [0.3, 0.4) is 0 Å². The van der Waals surface area contributed by atoms with Crippen LogP contribution in [0.2, 0.25) is 0 Å². The largest absolute Gasteiger partial charge is 0.326 e. The topological polar surface area (TPSA) is 29.1 Å². The van der Waals surface area contributed by atoms with Crippen LogP contribution in [0.15, 0.2) is 24.3 Å². The molecule has 1 saturated carbocycles. The second-order valence-electron chi connectivity index (χ2n) is 5.88. The van der Waals surface area contributed by atoms with Gasteiger partial charge < -0.3 is 5.32 Å². The molecular formula is C14H18FNO. The summed E-state index contributed by atoms with van der Waals surface area (Å²) in [5.41, 5.74) is 0.531. The monoisotopic (exact) mass is 235 g/mol. The predicted octanol–water partition coefficient (Wildman–Crippen LogP) is 3.45. The van der Waals surface area contributed by atoms with E-state index in [0.717, 1.165) is 0 Å². The van der Waals surface area contributed by atoms with Crippen molar-refractivity contribution in [3.63, 3.8) is 0 Å². The van der Waals surface area contributed by atoms with Crippen molar-refractivity contribution in [2.75, 3.05) is 5.32 Å². The molecule has 1 aromatic rings. The summed E-state index contributed by atoms with van der Waals surface area (Å²) in [4.78, 5) is 12.1. The molecule has 1 amide bonds. The number of anilines is 1. The van der Waals surface area contributed by atoms with Crippen molar-refractivity contribution in [1.29, 1.82) is 0 Å². The zero-order chi connectivity index (χ0) is 12.8. The molecule has 0 unspecified atom stereocenters. The summed E-state index contributed by atoms with van der Waals surface area (Å²) in [5, 5.41) is 2.78. The maximum atomic E-state index is 13.0. The smallest absolute Gasteiger partial charge is 0.228 e. The van der Waals surface area contributed by atoms with Crippen LogP contribution in [0.25, 0.3) is 0 Å². The van der Waals surface area contributed by atoms with Crippen LogP contribution in [-0.2, 0) is 4.79 Å². The number of hydrogen-bond donors (Lipinski definition) is 1. The van der Waals surface area contributed by atoms with Crippen LogP contribution in [0.1, 0.15) is 27.7 Å². The Hall–Kier alpha value is -1.38. The summed E-state index contributed by atoms with van der Waals surface area (Å²) in [7, 11) is 0. The number of carbonyl (C=O) groups is 1. The Morgan fingerprint density at radius 2 is 1.82 bits per heavy atom. The van der Waals surface area contributed by atoms with Crippen molar-refractivity contribution in [2.45, 2.75) is 27.7 Å². The summed E-state index contributed by atoms with van der Waals surface area (Å²) < 4.78 is 13.0. The van der Waals surface area contributed by atoms with Gasteiger partial charge in [0.1, 0.15) is 5.82 Å². The Kier molecular flexibility index (Phi) is 2.53. The molecule has 2 rings (SSSR count). The summed E-state index contributed by atoms with van der Waals surface area (Å²) in [6.07, 6.45) is 0. The third kappa shape index (κ3) is 1.84. The van der Waals surface area contributed by atoms with Gasteiger partial charge in [0, 0.05) is 11.6 Å². The molecule has 1 aliphatic carbocycles. The van der Waals surface area contributed by atoms with Crippen molar-refractivity contribution in [1.82, 2.24) is 0 Å². The molecule has 92 valence electrons. The van der Waals surface area contributed by atoms with Gasteiger partial charge in [-0.3, -0.25) is 4.79 Å². The minimum absolute atomic E-state index is 0.00437. The highest BCUT2D eigenvalue weighted by molar-refractivity contribution is 5.96. The number of nitrogens with one attached hydrogen (secondary N) is 1. The van der Waals surface area contributed by atoms with Crippen LogP contribution >= 0.6 is 0 Å². The Morgan fingerprint density at radius 1 is 1.24 bits per heavy atom. The lowest BCUT2D eigenvalue weighted by Crippen LogP contribution is -2.17. The summed E-state index contributed by atoms with van der Waals surface area (Å²) >= 11 is 0. The fourth-order valence-electron chi connectivity index (χ4n) is 2.63. The van der Waals surface area contributed by atoms with E-state index in [4.69, 9.17) is 0 Å². The van der Waals surface area contributed by atoms with Crippen molar-refractivity contribution >= 4 is 11.6 Å². The molecule has 17 heavy (non-hydrogen) atoms. The number of benzene rings is 1. The predicted molar refractivity (Wildman–Crippen MR) is 66.1 cm³/mol. The molecule has 0 aromatic heterocycles. The molecule has 0 heterocycles. The molecule has 0 aliphatic heterocycles. The van der Waals surface area contributed by atoms with Gasteiger partial charge in [-0.05, 0) is 29.0 Å². The molecule has 2 nitrogen and oxygen atoms in total. The Balaban J connectivity index is 2.10. The summed E-state index contributed by atoms with van der Waals surface area (Å²) in [6, 6.07) is 5.98. The number of rotatable bonds is 2. The first kappa shape index (κ1) is 12.1. The van der Waals surface area contributed by atoms with Crippen molar-refractivity contribution in [3.8, 4) is 0 Å². The Labute approximate surface area is 101 Å². The SMILES string of the molecule is CC1(C)C(C(=O)Nc2cccc(F)c2)C1(C)C. The van der Waals surface area contributed by atoms with Gasteiger partial charge in [-0.1, -0.05) is 33.8 Å². The molecule has 1 N–H and O–H groups in total. The van der Waals surface area contributed by atoms with E-state index in [1.807, 2.05) is 0 Å². The molecule has 1 aliphatic rings. The van der Waals surface area contributed by atoms with Gasteiger partial charge in [-0.15, -0.1) is 0 Å². The van der Waals surface area contributed by atoms with Crippen LogP contribution in [-0.4, -0.2) is 5.91 Å². The van der Waals surface area contributed by atoms with E-state index >= 15 is 0 Å². The van der Waals surface area contributed by atoms with Crippen molar-refractivity contribution in [3.05, 3.63) is 30.1 Å². The normalized spacial score (nSPS) is 21.0. The molecule has 0 bridgehead atoms. The molecule has 0 radical (unpaired) electrons. The minimum atomic E-state index is -0.336. The van der Waals surface area contributed by atoms with Crippen LogP contribution < -0.4 is 5.32 Å². The van der Waals surface area contributed by atoms with E-state index in [9.17, 15) is 9.18 Å². The molecule has 1 aromatic carbocycles. The van der Waals surface area contributed by atoms with E-state index in [1.165, 1.54) is 12.1 Å². The zero-order valence-electron chi connectivity index (χ0n) is 10.7. The molecule has 0 saturated heterocycles. The Morgan fingerprint density at radius 3 is 2.29 bits per heavy atom. The average molecular weight is 235 g/mol. The van der Waals surface area contributed by atoms with Gasteiger partial charge >= 0.3 is 0 Å². The highest BCUT2D eigenvalue weighted by atomic mass is 19.1. The van der Waals surface area contributed by atoms with Gasteiger partial charge in [-0.2, -0.15) is 0 Å². The molecule has 0 spiro atoms. The van der Waals surface area contributed by atoms with E-state index < -0.39 is 0 Å². The maximum Gasteiger partial charge on any atom is 0.228 e. The second kappa shape index (κ2) is 3.56. The standard InChI is InChI=1S/C14H18FNO/c1-13(2)11(14(13,3)4)12(17)16-10-7-5-6-9(15)8-10/h5-8,11H,1-4H3,(H,16,17). The lowest BCUT2D eigenvalue weighted by atomic mass is 10.0. The van der Waals surface area contributed by atoms with E-state index in [-0.39, 0.29) is 28.5 Å². The quantitative estimate of drug-likeness (QED) is 0.835. The van der Waals surface area contributed by atoms with Crippen LogP contribution in [0.5, 0.6) is 0 Å². The zero-order valence-corrected chi connectivity index (χ0v) is 10.7. The second-order valence-corrected chi connectivity index (χ2v) is 5.88. The lowest BCUT2D eigenvalue weighted by molar-refractivity contribution is -0.118. The van der Waals surface area contributed by atoms with E-state index in [2.05, 4.69) is 33.0 Å². The summed E-state index contributed by atoms with van der Waals surface area (Å²) in [6.45, 7) is 8.34. The third-order valence-electron chi connectivity index (χ3n) is 4.38. The first-order valence-corrected chi connectivity index (χ1v) is 5.83. The van der Waals surface area contributed by atoms with Crippen LogP contribution in [0, 0.1) is 22.6 Å². The van der Waals surface area contributed by atoms with E-state index in [0.29, 0.717) is 5.69 Å². The van der Waals surface area contributed by atoms with Crippen LogP contribution in [0.4, 0.5) is 10.1 Å². The number of hydrogen-bond acceptors (Lipinski definition) is 1. The highest BCUT2D eigenvalue weighted by Crippen LogP contribution is 2.68. The Bertz CT molecular complexity index is 451. The molecular weight excluding hydrogens is 217 g/mol. The number of halogens is 1. The lowest BCUT2D eigenvalue weighted by Gasteiger charge is -2.06. The fraction of sp³-hybridized carbons (Fsp3) is 0.500. The highest BCUT2D eigenvalue weighted by Gasteiger charge is 2.68. The first-order chi connectivity index (χ1) is 7.76. The van der Waals surface area contributed by atoms with E-state index in [1.54, 1.807) is 12.1 Å².